The molecule has 29 heavy (non-hydrogen) atoms. The Morgan fingerprint density at radius 2 is 1.69 bits per heavy atom. The Morgan fingerprint density at radius 1 is 1.00 bits per heavy atom. The van der Waals surface area contributed by atoms with Crippen LogP contribution >= 0.6 is 11.8 Å². The Labute approximate surface area is 173 Å². The lowest BCUT2D eigenvalue weighted by atomic mass is 9.95. The Morgan fingerprint density at radius 3 is 2.34 bits per heavy atom. The number of aromatic nitrogens is 3. The quantitative estimate of drug-likeness (QED) is 0.461. The van der Waals surface area contributed by atoms with Crippen LogP contribution in [0.5, 0.6) is 5.75 Å². The van der Waals surface area contributed by atoms with Gasteiger partial charge in [0.1, 0.15) is 17.4 Å². The molecule has 4 rings (SSSR count). The minimum absolute atomic E-state index is 0.0710. The van der Waals surface area contributed by atoms with Gasteiger partial charge in [-0.3, -0.25) is 4.57 Å². The number of ether oxygens (including phenoxy) is 1. The monoisotopic (exact) mass is 415 g/mol. The van der Waals surface area contributed by atoms with E-state index in [0.29, 0.717) is 11.2 Å². The highest BCUT2D eigenvalue weighted by atomic mass is 32.2. The van der Waals surface area contributed by atoms with Gasteiger partial charge in [0.05, 0.1) is 7.11 Å². The van der Waals surface area contributed by atoms with Crippen LogP contribution in [0.15, 0.2) is 47.6 Å². The van der Waals surface area contributed by atoms with Crippen LogP contribution in [0.3, 0.4) is 0 Å². The summed E-state index contributed by atoms with van der Waals surface area (Å²) in [5, 5.41) is 9.52. The lowest BCUT2D eigenvalue weighted by molar-refractivity contribution is 0.339. The molecule has 0 spiro atoms. The summed E-state index contributed by atoms with van der Waals surface area (Å²) >= 11 is 1.33. The van der Waals surface area contributed by atoms with Gasteiger partial charge in [-0.25, -0.2) is 8.78 Å². The largest absolute Gasteiger partial charge is 0.497 e. The summed E-state index contributed by atoms with van der Waals surface area (Å²) < 4.78 is 35.5. The van der Waals surface area contributed by atoms with Gasteiger partial charge in [-0.2, -0.15) is 0 Å². The van der Waals surface area contributed by atoms with Gasteiger partial charge in [0.2, 0.25) is 0 Å². The van der Waals surface area contributed by atoms with Gasteiger partial charge in [-0.15, -0.1) is 10.2 Å². The molecule has 3 aromatic rings. The van der Waals surface area contributed by atoms with Crippen molar-refractivity contribution in [1.82, 2.24) is 14.8 Å². The molecule has 2 aromatic carbocycles. The molecule has 7 heteroatoms. The third-order valence-corrected chi connectivity index (χ3v) is 6.33. The average molecular weight is 416 g/mol. The Hall–Kier alpha value is -2.41. The Balaban J connectivity index is 1.66. The van der Waals surface area contributed by atoms with Crippen LogP contribution in [0.2, 0.25) is 0 Å². The molecule has 1 aliphatic rings. The van der Waals surface area contributed by atoms with E-state index in [1.165, 1.54) is 36.4 Å². The number of methoxy groups -OCH3 is 1. The summed E-state index contributed by atoms with van der Waals surface area (Å²) in [6, 6.07) is 12.0. The lowest BCUT2D eigenvalue weighted by Crippen LogP contribution is -2.15. The first-order valence-electron chi connectivity index (χ1n) is 9.82. The van der Waals surface area contributed by atoms with Crippen LogP contribution in [-0.2, 0) is 5.75 Å². The highest BCUT2D eigenvalue weighted by Gasteiger charge is 2.24. The molecule has 0 amide bonds. The van der Waals surface area contributed by atoms with E-state index in [4.69, 9.17) is 4.74 Å². The molecule has 1 fully saturated rings. The van der Waals surface area contributed by atoms with Crippen molar-refractivity contribution in [2.24, 2.45) is 0 Å². The molecular weight excluding hydrogens is 392 g/mol. The molecular formula is C22H23F2N3OS. The van der Waals surface area contributed by atoms with Crippen LogP contribution in [0, 0.1) is 11.6 Å². The van der Waals surface area contributed by atoms with E-state index in [-0.39, 0.29) is 11.3 Å². The summed E-state index contributed by atoms with van der Waals surface area (Å²) in [7, 11) is 1.64. The van der Waals surface area contributed by atoms with Crippen LogP contribution < -0.4 is 4.74 Å². The smallest absolute Gasteiger partial charge is 0.192 e. The predicted octanol–water partition coefficient (Wildman–Crippen LogP) is 6.03. The van der Waals surface area contributed by atoms with Crippen LogP contribution in [0.25, 0.3) is 11.4 Å². The van der Waals surface area contributed by atoms with E-state index in [9.17, 15) is 8.78 Å². The zero-order valence-corrected chi connectivity index (χ0v) is 17.1. The number of nitrogens with zero attached hydrogens (tertiary/aromatic N) is 3. The molecule has 1 aromatic heterocycles. The minimum atomic E-state index is -0.531. The fraction of sp³-hybridized carbons (Fsp3) is 0.364. The molecule has 0 N–H and O–H groups in total. The topological polar surface area (TPSA) is 39.9 Å². The van der Waals surface area contributed by atoms with Crippen molar-refractivity contribution in [3.8, 4) is 17.1 Å². The van der Waals surface area contributed by atoms with Gasteiger partial charge in [-0.05, 0) is 49.2 Å². The third kappa shape index (κ3) is 4.29. The number of hydrogen-bond donors (Lipinski definition) is 0. The Bertz CT molecular complexity index is 948. The summed E-state index contributed by atoms with van der Waals surface area (Å²) in [4.78, 5) is 0. The number of rotatable bonds is 6. The van der Waals surface area contributed by atoms with E-state index in [1.807, 2.05) is 24.3 Å². The second-order valence-corrected chi connectivity index (χ2v) is 8.13. The predicted molar refractivity (Wildman–Crippen MR) is 110 cm³/mol. The maximum absolute atomic E-state index is 14.0. The van der Waals surface area contributed by atoms with Crippen molar-refractivity contribution in [2.75, 3.05) is 7.11 Å². The first kappa shape index (κ1) is 19.9. The SMILES string of the molecule is COc1ccc(-c2nnc(SCc3c(F)cccc3F)n2C2CCCCC2)cc1. The Kier molecular flexibility index (Phi) is 6.13. The van der Waals surface area contributed by atoms with E-state index in [0.717, 1.165) is 42.8 Å². The van der Waals surface area contributed by atoms with Gasteiger partial charge in [0, 0.05) is 22.9 Å². The molecule has 0 radical (unpaired) electrons. The van der Waals surface area contributed by atoms with Crippen molar-refractivity contribution in [2.45, 2.75) is 49.1 Å². The van der Waals surface area contributed by atoms with E-state index in [1.54, 1.807) is 7.11 Å². The average Bonchev–Trinajstić information content (AvgIpc) is 3.18. The third-order valence-electron chi connectivity index (χ3n) is 5.36. The lowest BCUT2D eigenvalue weighted by Gasteiger charge is -2.25. The molecule has 4 nitrogen and oxygen atoms in total. The summed E-state index contributed by atoms with van der Waals surface area (Å²) in [6.45, 7) is 0. The number of benzene rings is 2. The first-order valence-corrected chi connectivity index (χ1v) is 10.8. The number of thioether (sulfide) groups is 1. The molecule has 1 heterocycles. The van der Waals surface area contributed by atoms with Crippen LogP contribution in [0.1, 0.15) is 43.7 Å². The number of hydrogen-bond acceptors (Lipinski definition) is 4. The standard InChI is InChI=1S/C22H23F2N3OS/c1-28-17-12-10-15(11-13-17)21-25-26-22(27(21)16-6-3-2-4-7-16)29-14-18-19(23)8-5-9-20(18)24/h5,8-13,16H,2-4,6-7,14H2,1H3. The zero-order valence-electron chi connectivity index (χ0n) is 16.3. The normalized spacial score (nSPS) is 14.9. The van der Waals surface area contributed by atoms with Gasteiger partial charge in [-0.1, -0.05) is 37.1 Å². The minimum Gasteiger partial charge on any atom is -0.497 e. The molecule has 0 unspecified atom stereocenters. The van der Waals surface area contributed by atoms with E-state index < -0.39 is 11.6 Å². The van der Waals surface area contributed by atoms with Gasteiger partial charge < -0.3 is 4.74 Å². The van der Waals surface area contributed by atoms with Gasteiger partial charge in [0.15, 0.2) is 11.0 Å². The maximum atomic E-state index is 14.0. The molecule has 0 aliphatic heterocycles. The van der Waals surface area contributed by atoms with Gasteiger partial charge in [0.25, 0.3) is 0 Å². The van der Waals surface area contributed by atoms with Crippen LogP contribution in [-0.4, -0.2) is 21.9 Å². The molecule has 0 bridgehead atoms. The van der Waals surface area contributed by atoms with E-state index in [2.05, 4.69) is 14.8 Å². The molecule has 1 aliphatic carbocycles. The summed E-state index contributed by atoms with van der Waals surface area (Å²) in [5.41, 5.74) is 1.02. The highest BCUT2D eigenvalue weighted by molar-refractivity contribution is 7.98. The van der Waals surface area contributed by atoms with E-state index >= 15 is 0 Å². The van der Waals surface area contributed by atoms with Crippen molar-refractivity contribution in [3.05, 3.63) is 59.7 Å². The van der Waals surface area contributed by atoms with Gasteiger partial charge >= 0.3 is 0 Å². The molecule has 0 atom stereocenters. The van der Waals surface area contributed by atoms with Crippen molar-refractivity contribution in [1.29, 1.82) is 0 Å². The molecule has 152 valence electrons. The summed E-state index contributed by atoms with van der Waals surface area (Å²) in [5.74, 6) is 0.679. The maximum Gasteiger partial charge on any atom is 0.192 e. The fourth-order valence-electron chi connectivity index (χ4n) is 3.79. The first-order chi connectivity index (χ1) is 14.2. The molecule has 1 saturated carbocycles. The second kappa shape index (κ2) is 8.95. The van der Waals surface area contributed by atoms with Crippen molar-refractivity contribution < 1.29 is 13.5 Å². The number of halogens is 2. The summed E-state index contributed by atoms with van der Waals surface area (Å²) in [6.07, 6.45) is 5.68. The van der Waals surface area contributed by atoms with Crippen molar-refractivity contribution >= 4 is 11.8 Å². The molecule has 0 saturated heterocycles. The highest BCUT2D eigenvalue weighted by Crippen LogP contribution is 2.37. The fourth-order valence-corrected chi connectivity index (χ4v) is 4.81. The van der Waals surface area contributed by atoms with Crippen molar-refractivity contribution in [3.63, 3.8) is 0 Å². The zero-order chi connectivity index (χ0) is 20.2. The second-order valence-electron chi connectivity index (χ2n) is 7.19. The van der Waals surface area contributed by atoms with Crippen LogP contribution in [0.4, 0.5) is 8.78 Å².